The normalized spacial score (nSPS) is 17.5. The van der Waals surface area contributed by atoms with E-state index in [9.17, 15) is 0 Å². The summed E-state index contributed by atoms with van der Waals surface area (Å²) in [5.41, 5.74) is 2.54. The zero-order valence-electron chi connectivity index (χ0n) is 12.0. The van der Waals surface area contributed by atoms with Crippen LogP contribution in [0.1, 0.15) is 43.0 Å². The van der Waals surface area contributed by atoms with Crippen molar-refractivity contribution < 1.29 is 0 Å². The molecular weight excluding hydrogens is 301 g/mol. The molecule has 1 aliphatic carbocycles. The van der Waals surface area contributed by atoms with Gasteiger partial charge < -0.3 is 5.32 Å². The number of hydrogen-bond acceptors (Lipinski definition) is 1. The molecule has 0 aromatic heterocycles. The highest BCUT2D eigenvalue weighted by Gasteiger charge is 2.33. The Labute approximate surface area is 136 Å². The Kier molecular flexibility index (Phi) is 4.54. The summed E-state index contributed by atoms with van der Waals surface area (Å²) in [4.78, 5) is 0. The first-order chi connectivity index (χ1) is 10.1. The second-order valence-electron chi connectivity index (χ2n) is 5.79. The van der Waals surface area contributed by atoms with Gasteiger partial charge in [-0.05, 0) is 48.9 Å². The van der Waals surface area contributed by atoms with Crippen molar-refractivity contribution in [1.82, 2.24) is 5.32 Å². The van der Waals surface area contributed by atoms with E-state index in [1.54, 1.807) is 0 Å². The van der Waals surface area contributed by atoms with Crippen LogP contribution in [0.15, 0.2) is 48.5 Å². The third-order valence-corrected chi connectivity index (χ3v) is 4.86. The standard InChI is InChI=1S/C18H19Cl2N/c1-12(15-9-10-16(19)17(20)11-15)21-18(14-7-8-14)13-5-3-2-4-6-13/h2-6,9-12,14,18,21H,7-8H2,1H3. The van der Waals surface area contributed by atoms with Gasteiger partial charge in [0.15, 0.2) is 0 Å². The Morgan fingerprint density at radius 1 is 0.952 bits per heavy atom. The molecule has 110 valence electrons. The molecule has 1 fully saturated rings. The van der Waals surface area contributed by atoms with E-state index in [1.165, 1.54) is 24.0 Å². The smallest absolute Gasteiger partial charge is 0.0595 e. The largest absolute Gasteiger partial charge is 0.303 e. The summed E-state index contributed by atoms with van der Waals surface area (Å²) in [6.45, 7) is 2.18. The van der Waals surface area contributed by atoms with E-state index in [0.717, 1.165) is 5.92 Å². The van der Waals surface area contributed by atoms with Crippen molar-refractivity contribution in [3.05, 3.63) is 69.7 Å². The number of rotatable bonds is 5. The summed E-state index contributed by atoms with van der Waals surface area (Å²) in [7, 11) is 0. The molecule has 0 spiro atoms. The summed E-state index contributed by atoms with van der Waals surface area (Å²) < 4.78 is 0. The van der Waals surface area contributed by atoms with Crippen LogP contribution < -0.4 is 5.32 Å². The van der Waals surface area contributed by atoms with E-state index < -0.39 is 0 Å². The average Bonchev–Trinajstić information content (AvgIpc) is 3.33. The molecule has 0 radical (unpaired) electrons. The molecule has 1 N–H and O–H groups in total. The van der Waals surface area contributed by atoms with E-state index >= 15 is 0 Å². The van der Waals surface area contributed by atoms with E-state index in [1.807, 2.05) is 18.2 Å². The molecule has 1 nitrogen and oxygen atoms in total. The Balaban J connectivity index is 1.78. The second kappa shape index (κ2) is 6.39. The van der Waals surface area contributed by atoms with E-state index in [2.05, 4.69) is 42.6 Å². The number of benzene rings is 2. The van der Waals surface area contributed by atoms with Gasteiger partial charge >= 0.3 is 0 Å². The van der Waals surface area contributed by atoms with Crippen molar-refractivity contribution in [3.63, 3.8) is 0 Å². The summed E-state index contributed by atoms with van der Waals surface area (Å²) in [5.74, 6) is 0.748. The van der Waals surface area contributed by atoms with Crippen LogP contribution in [0.3, 0.4) is 0 Å². The molecule has 2 unspecified atom stereocenters. The molecule has 3 heteroatoms. The minimum Gasteiger partial charge on any atom is -0.303 e. The van der Waals surface area contributed by atoms with Crippen LogP contribution in [-0.2, 0) is 0 Å². The van der Waals surface area contributed by atoms with Crippen molar-refractivity contribution >= 4 is 23.2 Å². The monoisotopic (exact) mass is 319 g/mol. The van der Waals surface area contributed by atoms with Crippen LogP contribution in [-0.4, -0.2) is 0 Å². The van der Waals surface area contributed by atoms with Crippen LogP contribution in [0.25, 0.3) is 0 Å². The van der Waals surface area contributed by atoms with Gasteiger partial charge in [-0.25, -0.2) is 0 Å². The van der Waals surface area contributed by atoms with E-state index in [0.29, 0.717) is 16.1 Å². The zero-order chi connectivity index (χ0) is 14.8. The van der Waals surface area contributed by atoms with Gasteiger partial charge in [-0.15, -0.1) is 0 Å². The highest BCUT2D eigenvalue weighted by atomic mass is 35.5. The molecule has 1 aliphatic rings. The molecular formula is C18H19Cl2N. The molecule has 2 aromatic carbocycles. The number of halogens is 2. The highest BCUT2D eigenvalue weighted by Crippen LogP contribution is 2.42. The zero-order valence-corrected chi connectivity index (χ0v) is 13.5. The molecule has 21 heavy (non-hydrogen) atoms. The maximum absolute atomic E-state index is 6.13. The van der Waals surface area contributed by atoms with E-state index in [4.69, 9.17) is 23.2 Å². The van der Waals surface area contributed by atoms with Gasteiger partial charge in [0, 0.05) is 12.1 Å². The van der Waals surface area contributed by atoms with Gasteiger partial charge in [0.25, 0.3) is 0 Å². The quantitative estimate of drug-likeness (QED) is 0.734. The third-order valence-electron chi connectivity index (χ3n) is 4.13. The molecule has 1 saturated carbocycles. The predicted molar refractivity (Wildman–Crippen MR) is 89.9 cm³/mol. The van der Waals surface area contributed by atoms with Crippen molar-refractivity contribution in [2.24, 2.45) is 5.92 Å². The Bertz CT molecular complexity index is 608. The fourth-order valence-electron chi connectivity index (χ4n) is 2.74. The van der Waals surface area contributed by atoms with Crippen LogP contribution in [0.2, 0.25) is 10.0 Å². The first kappa shape index (κ1) is 14.9. The average molecular weight is 320 g/mol. The van der Waals surface area contributed by atoms with Crippen LogP contribution >= 0.6 is 23.2 Å². The number of nitrogens with one attached hydrogen (secondary N) is 1. The SMILES string of the molecule is CC(NC(c1ccccc1)C1CC1)c1ccc(Cl)c(Cl)c1. The van der Waals surface area contributed by atoms with Gasteiger partial charge in [0.1, 0.15) is 0 Å². The van der Waals surface area contributed by atoms with Crippen molar-refractivity contribution in [1.29, 1.82) is 0 Å². The lowest BCUT2D eigenvalue weighted by Crippen LogP contribution is -2.26. The van der Waals surface area contributed by atoms with Gasteiger partial charge in [-0.1, -0.05) is 59.6 Å². The highest BCUT2D eigenvalue weighted by molar-refractivity contribution is 6.42. The lowest BCUT2D eigenvalue weighted by atomic mass is 9.99. The summed E-state index contributed by atoms with van der Waals surface area (Å²) in [6.07, 6.45) is 2.61. The molecule has 0 amide bonds. The van der Waals surface area contributed by atoms with Gasteiger partial charge in [-0.2, -0.15) is 0 Å². The predicted octanol–water partition coefficient (Wildman–Crippen LogP) is 5.80. The van der Waals surface area contributed by atoms with Crippen LogP contribution in [0.4, 0.5) is 0 Å². The van der Waals surface area contributed by atoms with Crippen molar-refractivity contribution in [2.75, 3.05) is 0 Å². The van der Waals surface area contributed by atoms with Crippen LogP contribution in [0, 0.1) is 5.92 Å². The topological polar surface area (TPSA) is 12.0 Å². The molecule has 0 saturated heterocycles. The van der Waals surface area contributed by atoms with Gasteiger partial charge in [-0.3, -0.25) is 0 Å². The maximum Gasteiger partial charge on any atom is 0.0595 e. The third kappa shape index (κ3) is 3.60. The molecule has 2 atom stereocenters. The Hall–Kier alpha value is -1.02. The summed E-state index contributed by atoms with van der Waals surface area (Å²) >= 11 is 12.1. The van der Waals surface area contributed by atoms with Crippen LogP contribution in [0.5, 0.6) is 0 Å². The fourth-order valence-corrected chi connectivity index (χ4v) is 3.05. The first-order valence-electron chi connectivity index (χ1n) is 7.41. The molecule has 0 bridgehead atoms. The second-order valence-corrected chi connectivity index (χ2v) is 6.60. The Morgan fingerprint density at radius 3 is 2.29 bits per heavy atom. The molecule has 0 heterocycles. The van der Waals surface area contributed by atoms with Crippen molar-refractivity contribution in [3.8, 4) is 0 Å². The fraction of sp³-hybridized carbons (Fsp3) is 0.333. The minimum atomic E-state index is 0.241. The van der Waals surface area contributed by atoms with E-state index in [-0.39, 0.29) is 6.04 Å². The Morgan fingerprint density at radius 2 is 1.67 bits per heavy atom. The number of hydrogen-bond donors (Lipinski definition) is 1. The molecule has 0 aliphatic heterocycles. The lowest BCUT2D eigenvalue weighted by molar-refractivity contribution is 0.427. The minimum absolute atomic E-state index is 0.241. The molecule has 2 aromatic rings. The summed E-state index contributed by atoms with van der Waals surface area (Å²) in [6, 6.07) is 17.2. The first-order valence-corrected chi connectivity index (χ1v) is 8.16. The maximum atomic E-state index is 6.13. The molecule has 3 rings (SSSR count). The van der Waals surface area contributed by atoms with Gasteiger partial charge in [0.05, 0.1) is 10.0 Å². The van der Waals surface area contributed by atoms with Gasteiger partial charge in [0.2, 0.25) is 0 Å². The van der Waals surface area contributed by atoms with Crippen molar-refractivity contribution in [2.45, 2.75) is 31.8 Å². The lowest BCUT2D eigenvalue weighted by Gasteiger charge is -2.24. The summed E-state index contributed by atoms with van der Waals surface area (Å²) in [5, 5.41) is 4.98.